The van der Waals surface area contributed by atoms with Crippen molar-refractivity contribution in [3.8, 4) is 0 Å². The van der Waals surface area contributed by atoms with Gasteiger partial charge >= 0.3 is 0 Å². The van der Waals surface area contributed by atoms with E-state index in [0.29, 0.717) is 0 Å². The minimum atomic E-state index is 0. The lowest BCUT2D eigenvalue weighted by Crippen LogP contribution is -1.91. The average molecular weight is 268 g/mol. The minimum absolute atomic E-state index is 0. The summed E-state index contributed by atoms with van der Waals surface area (Å²) in [6.45, 7) is 0. The molecule has 0 aliphatic rings. The maximum atomic E-state index is 4.04. The van der Waals surface area contributed by atoms with Crippen LogP contribution < -0.4 is 5.32 Å². The van der Waals surface area contributed by atoms with Gasteiger partial charge in [-0.2, -0.15) is 0 Å². The molecule has 1 aromatic heterocycles. The molecular weight excluding hydrogens is 260 g/mol. The molecule has 1 heterocycles. The van der Waals surface area contributed by atoms with Gasteiger partial charge < -0.3 is 5.32 Å². The molecule has 0 saturated heterocycles. The highest BCUT2D eigenvalue weighted by molar-refractivity contribution is 9.10. The second-order valence-electron chi connectivity index (χ2n) is 1.58. The molecular formula is C6H8Br2N2. The molecule has 1 rings (SSSR count). The van der Waals surface area contributed by atoms with Crippen molar-refractivity contribution in [2.45, 2.75) is 0 Å². The molecule has 10 heavy (non-hydrogen) atoms. The molecule has 0 saturated carbocycles. The van der Waals surface area contributed by atoms with E-state index in [1.165, 1.54) is 0 Å². The largest absolute Gasteiger partial charge is 0.372 e. The van der Waals surface area contributed by atoms with Gasteiger partial charge in [-0.1, -0.05) is 0 Å². The molecule has 56 valence electrons. The van der Waals surface area contributed by atoms with E-state index >= 15 is 0 Å². The summed E-state index contributed by atoms with van der Waals surface area (Å²) < 4.78 is 0.993. The molecule has 2 nitrogen and oxygen atoms in total. The highest BCUT2D eigenvalue weighted by Gasteiger charge is 1.92. The van der Waals surface area contributed by atoms with Crippen LogP contribution in [0.3, 0.4) is 0 Å². The second-order valence-corrected chi connectivity index (χ2v) is 2.44. The van der Waals surface area contributed by atoms with Crippen LogP contribution in [0.2, 0.25) is 0 Å². The number of aromatic nitrogens is 1. The summed E-state index contributed by atoms with van der Waals surface area (Å²) in [6, 6.07) is 3.82. The first-order chi connectivity index (χ1) is 4.34. The van der Waals surface area contributed by atoms with Crippen molar-refractivity contribution in [1.82, 2.24) is 4.98 Å². The van der Waals surface area contributed by atoms with Gasteiger partial charge in [-0.3, -0.25) is 0 Å². The maximum absolute atomic E-state index is 4.04. The van der Waals surface area contributed by atoms with Crippen LogP contribution in [0.1, 0.15) is 0 Å². The Morgan fingerprint density at radius 1 is 1.60 bits per heavy atom. The lowest BCUT2D eigenvalue weighted by atomic mass is 10.5. The molecule has 0 bridgehead atoms. The Bertz CT molecular complexity index is 203. The Kier molecular flexibility index (Phi) is 4.64. The number of hydrogen-bond acceptors (Lipinski definition) is 2. The zero-order valence-corrected chi connectivity index (χ0v) is 8.76. The first kappa shape index (κ1) is 9.91. The monoisotopic (exact) mass is 266 g/mol. The SMILES string of the molecule is Br.CNc1ncccc1Br. The summed E-state index contributed by atoms with van der Waals surface area (Å²) in [5, 5.41) is 2.94. The molecule has 0 amide bonds. The van der Waals surface area contributed by atoms with E-state index in [4.69, 9.17) is 0 Å². The zero-order valence-electron chi connectivity index (χ0n) is 5.47. The number of anilines is 1. The van der Waals surface area contributed by atoms with Crippen LogP contribution in [-0.4, -0.2) is 12.0 Å². The number of halogens is 2. The molecule has 0 unspecified atom stereocenters. The Morgan fingerprint density at radius 3 is 2.70 bits per heavy atom. The summed E-state index contributed by atoms with van der Waals surface area (Å²) in [5.41, 5.74) is 0. The predicted octanol–water partition coefficient (Wildman–Crippen LogP) is 2.46. The summed E-state index contributed by atoms with van der Waals surface area (Å²) in [6.07, 6.45) is 1.75. The first-order valence-corrected chi connectivity index (χ1v) is 3.42. The van der Waals surface area contributed by atoms with Crippen LogP contribution in [0.15, 0.2) is 22.8 Å². The van der Waals surface area contributed by atoms with Crippen molar-refractivity contribution < 1.29 is 0 Å². The van der Waals surface area contributed by atoms with Crippen molar-refractivity contribution in [3.63, 3.8) is 0 Å². The minimum Gasteiger partial charge on any atom is -0.372 e. The topological polar surface area (TPSA) is 24.9 Å². The van der Waals surface area contributed by atoms with Gasteiger partial charge in [0.1, 0.15) is 5.82 Å². The van der Waals surface area contributed by atoms with Crippen LogP contribution in [0.25, 0.3) is 0 Å². The Balaban J connectivity index is 0.000000810. The molecule has 0 radical (unpaired) electrons. The van der Waals surface area contributed by atoms with Crippen LogP contribution >= 0.6 is 32.9 Å². The average Bonchev–Trinajstić information content (AvgIpc) is 1.89. The van der Waals surface area contributed by atoms with Crippen LogP contribution in [0.4, 0.5) is 5.82 Å². The molecule has 0 aliphatic carbocycles. The van der Waals surface area contributed by atoms with Crippen molar-refractivity contribution in [2.75, 3.05) is 12.4 Å². The van der Waals surface area contributed by atoms with Crippen molar-refractivity contribution >= 4 is 38.7 Å². The highest BCUT2D eigenvalue weighted by Crippen LogP contribution is 2.16. The van der Waals surface area contributed by atoms with Gasteiger partial charge in [-0.05, 0) is 28.1 Å². The van der Waals surface area contributed by atoms with E-state index in [-0.39, 0.29) is 17.0 Å². The molecule has 1 aromatic rings. The smallest absolute Gasteiger partial charge is 0.140 e. The molecule has 0 atom stereocenters. The van der Waals surface area contributed by atoms with Crippen LogP contribution in [0.5, 0.6) is 0 Å². The Morgan fingerprint density at radius 2 is 2.30 bits per heavy atom. The lowest BCUT2D eigenvalue weighted by Gasteiger charge is -1.98. The summed E-state index contributed by atoms with van der Waals surface area (Å²) in [4.78, 5) is 4.04. The van der Waals surface area contributed by atoms with E-state index < -0.39 is 0 Å². The lowest BCUT2D eigenvalue weighted by molar-refractivity contribution is 1.27. The van der Waals surface area contributed by atoms with Gasteiger partial charge in [-0.15, -0.1) is 17.0 Å². The molecule has 4 heteroatoms. The highest BCUT2D eigenvalue weighted by atomic mass is 79.9. The number of hydrogen-bond donors (Lipinski definition) is 1. The second kappa shape index (κ2) is 4.68. The molecule has 0 aromatic carbocycles. The van der Waals surface area contributed by atoms with E-state index in [1.807, 2.05) is 19.2 Å². The number of rotatable bonds is 1. The third kappa shape index (κ3) is 2.27. The van der Waals surface area contributed by atoms with Crippen molar-refractivity contribution in [3.05, 3.63) is 22.8 Å². The van der Waals surface area contributed by atoms with Crippen LogP contribution in [-0.2, 0) is 0 Å². The van der Waals surface area contributed by atoms with Crippen molar-refractivity contribution in [2.24, 2.45) is 0 Å². The fraction of sp³-hybridized carbons (Fsp3) is 0.167. The predicted molar refractivity (Wildman–Crippen MR) is 51.8 cm³/mol. The van der Waals surface area contributed by atoms with Gasteiger partial charge in [0.15, 0.2) is 0 Å². The standard InChI is InChI=1S/C6H7BrN2.BrH/c1-8-6-5(7)3-2-4-9-6;/h2-4H,1H3,(H,8,9);1H. The van der Waals surface area contributed by atoms with E-state index in [2.05, 4.69) is 26.2 Å². The summed E-state index contributed by atoms with van der Waals surface area (Å²) in [7, 11) is 1.84. The number of pyridine rings is 1. The molecule has 0 fully saturated rings. The van der Waals surface area contributed by atoms with Gasteiger partial charge in [-0.25, -0.2) is 4.98 Å². The Hall–Kier alpha value is -0.0900. The van der Waals surface area contributed by atoms with Gasteiger partial charge in [0.2, 0.25) is 0 Å². The maximum Gasteiger partial charge on any atom is 0.140 e. The molecule has 0 aliphatic heterocycles. The van der Waals surface area contributed by atoms with Gasteiger partial charge in [0.05, 0.1) is 4.47 Å². The van der Waals surface area contributed by atoms with Crippen molar-refractivity contribution in [1.29, 1.82) is 0 Å². The summed E-state index contributed by atoms with van der Waals surface area (Å²) in [5.74, 6) is 0.873. The molecule has 0 spiro atoms. The van der Waals surface area contributed by atoms with E-state index in [0.717, 1.165) is 10.3 Å². The van der Waals surface area contributed by atoms with Gasteiger partial charge in [0.25, 0.3) is 0 Å². The normalized spacial score (nSPS) is 8.20. The molecule has 1 N–H and O–H groups in total. The third-order valence-electron chi connectivity index (χ3n) is 0.995. The fourth-order valence-electron chi connectivity index (χ4n) is 0.570. The fourth-order valence-corrected chi connectivity index (χ4v) is 1.02. The number of nitrogens with one attached hydrogen (secondary N) is 1. The summed E-state index contributed by atoms with van der Waals surface area (Å²) >= 11 is 3.33. The quantitative estimate of drug-likeness (QED) is 0.846. The van der Waals surface area contributed by atoms with E-state index in [9.17, 15) is 0 Å². The third-order valence-corrected chi connectivity index (χ3v) is 1.64. The van der Waals surface area contributed by atoms with Gasteiger partial charge in [0, 0.05) is 13.2 Å². The van der Waals surface area contributed by atoms with Crippen LogP contribution in [0, 0.1) is 0 Å². The van der Waals surface area contributed by atoms with E-state index in [1.54, 1.807) is 6.20 Å². The number of nitrogens with zero attached hydrogens (tertiary/aromatic N) is 1. The Labute approximate surface area is 78.9 Å². The zero-order chi connectivity index (χ0) is 6.69. The first-order valence-electron chi connectivity index (χ1n) is 2.63.